The zero-order valence-electron chi connectivity index (χ0n) is 39.7. The van der Waals surface area contributed by atoms with Gasteiger partial charge < -0.3 is 30.6 Å². The molecule has 6 aromatic carbocycles. The molecule has 10 nitrogen and oxygen atoms in total. The van der Waals surface area contributed by atoms with Crippen LogP contribution in [-0.2, 0) is 23.9 Å². The van der Waals surface area contributed by atoms with Crippen molar-refractivity contribution in [3.8, 4) is 22.3 Å². The molecule has 0 aliphatic carbocycles. The van der Waals surface area contributed by atoms with Gasteiger partial charge >= 0.3 is 30.8 Å². The Kier molecular flexibility index (Phi) is 20.4. The Bertz CT molecular complexity index is 3030. The smallest absolute Gasteiger partial charge is 0.870 e. The Morgan fingerprint density at radius 1 is 0.507 bits per heavy atom. The van der Waals surface area contributed by atoms with E-state index in [-0.39, 0.29) is 55.6 Å². The van der Waals surface area contributed by atoms with Crippen LogP contribution in [0.25, 0.3) is 33.4 Å². The Hall–Kier alpha value is -7.40. The number of nitrogens with zero attached hydrogens (tertiary/aromatic N) is 2. The SMILES string of the molecule is C.COC(=O)[C@@H]1C=C(c2sccc2-c2ccccc2)CN1C(=O)C(c1ccccc1)c1ccccc1.O.O=C(O)[C@@H]1C=C(c2sccc2-c2ccccc2)CN1C(=O)C(c1ccccc1)c1ccccc1.[Li+].[OH-]. The summed E-state index contributed by atoms with van der Waals surface area (Å²) in [5.74, 6) is -2.90. The fourth-order valence-corrected chi connectivity index (χ4v) is 11.0. The zero-order valence-corrected chi connectivity index (χ0v) is 41.3. The number of hydrogen-bond donors (Lipinski definition) is 1. The number of esters is 1. The summed E-state index contributed by atoms with van der Waals surface area (Å²) in [5, 5.41) is 14.1. The zero-order chi connectivity index (χ0) is 47.7. The first-order valence-corrected chi connectivity index (χ1v) is 24.4. The van der Waals surface area contributed by atoms with Gasteiger partial charge in [-0.2, -0.15) is 0 Å². The third-order valence-electron chi connectivity index (χ3n) is 12.4. The van der Waals surface area contributed by atoms with Crippen LogP contribution in [0.4, 0.5) is 0 Å². The molecule has 2 amide bonds. The summed E-state index contributed by atoms with van der Waals surface area (Å²) >= 11 is 3.19. The Balaban J connectivity index is 0.000000257. The average molecular weight is 1000 g/mol. The van der Waals surface area contributed by atoms with E-state index in [1.807, 2.05) is 193 Å². The Morgan fingerprint density at radius 2 is 0.808 bits per heavy atom. The van der Waals surface area contributed by atoms with Crippen LogP contribution in [0.3, 0.4) is 0 Å². The van der Waals surface area contributed by atoms with E-state index in [1.165, 1.54) is 12.0 Å². The van der Waals surface area contributed by atoms with E-state index in [1.54, 1.807) is 33.6 Å². The van der Waals surface area contributed by atoms with Gasteiger partial charge in [0.05, 0.1) is 18.9 Å². The van der Waals surface area contributed by atoms with E-state index in [2.05, 4.69) is 18.2 Å². The normalized spacial score (nSPS) is 14.5. The minimum absolute atomic E-state index is 0. The van der Waals surface area contributed by atoms with E-state index in [9.17, 15) is 24.3 Å². The summed E-state index contributed by atoms with van der Waals surface area (Å²) in [4.78, 5) is 58.4. The molecular formula is C60H55LiN2O8S2. The number of thiophene rings is 2. The molecule has 4 heterocycles. The molecule has 0 bridgehead atoms. The molecule has 4 N–H and O–H groups in total. The molecule has 2 aromatic heterocycles. The molecule has 2 atom stereocenters. The van der Waals surface area contributed by atoms with E-state index >= 15 is 0 Å². The number of carboxylic acids is 1. The molecule has 0 saturated heterocycles. The molecule has 2 aliphatic heterocycles. The van der Waals surface area contributed by atoms with Gasteiger partial charge in [-0.05, 0) is 79.6 Å². The van der Waals surface area contributed by atoms with E-state index in [0.29, 0.717) is 6.54 Å². The molecule has 0 saturated carbocycles. The monoisotopic (exact) mass is 1000 g/mol. The number of hydrogen-bond acceptors (Lipinski definition) is 8. The molecular weight excluding hydrogens is 948 g/mol. The van der Waals surface area contributed by atoms with Gasteiger partial charge in [0.2, 0.25) is 11.8 Å². The van der Waals surface area contributed by atoms with Gasteiger partial charge in [0.15, 0.2) is 0 Å². The van der Waals surface area contributed by atoms with Gasteiger partial charge in [-0.25, -0.2) is 9.59 Å². The number of rotatable bonds is 12. The molecule has 2 aliphatic rings. The van der Waals surface area contributed by atoms with Crippen LogP contribution in [-0.4, -0.2) is 81.9 Å². The summed E-state index contributed by atoms with van der Waals surface area (Å²) in [5.41, 5.74) is 9.63. The van der Waals surface area contributed by atoms with E-state index < -0.39 is 35.9 Å². The van der Waals surface area contributed by atoms with Crippen molar-refractivity contribution in [3.05, 3.63) is 249 Å². The number of carboxylic acid groups (broad SMARTS) is 1. The number of benzene rings is 6. The number of amides is 2. The first kappa shape index (κ1) is 56.5. The van der Waals surface area contributed by atoms with Crippen molar-refractivity contribution < 1.29 is 58.8 Å². The molecule has 13 heteroatoms. The van der Waals surface area contributed by atoms with Gasteiger partial charge in [-0.1, -0.05) is 189 Å². The van der Waals surface area contributed by atoms with Crippen LogP contribution in [0.5, 0.6) is 0 Å². The summed E-state index contributed by atoms with van der Waals surface area (Å²) in [7, 11) is 1.36. The molecule has 0 fully saturated rings. The first-order valence-electron chi connectivity index (χ1n) is 22.6. The summed E-state index contributed by atoms with van der Waals surface area (Å²) in [6, 6.07) is 61.1. The molecule has 0 spiro atoms. The van der Waals surface area contributed by atoms with E-state index in [4.69, 9.17) is 4.74 Å². The van der Waals surface area contributed by atoms with Crippen molar-refractivity contribution >= 4 is 57.6 Å². The van der Waals surface area contributed by atoms with E-state index in [0.717, 1.165) is 65.4 Å². The van der Waals surface area contributed by atoms with Gasteiger partial charge in [-0.3, -0.25) is 9.59 Å². The van der Waals surface area contributed by atoms with Crippen molar-refractivity contribution in [2.24, 2.45) is 0 Å². The number of ether oxygens (including phenoxy) is 1. The second-order valence-electron chi connectivity index (χ2n) is 16.6. The summed E-state index contributed by atoms with van der Waals surface area (Å²) in [6.07, 6.45) is 3.61. The summed E-state index contributed by atoms with van der Waals surface area (Å²) in [6.45, 7) is 0.599. The quantitative estimate of drug-likeness (QED) is 0.0946. The van der Waals surface area contributed by atoms with Gasteiger partial charge in [0, 0.05) is 34.0 Å². The largest absolute Gasteiger partial charge is 1.00 e. The van der Waals surface area contributed by atoms with Crippen LogP contribution in [0.2, 0.25) is 0 Å². The Morgan fingerprint density at radius 3 is 1.12 bits per heavy atom. The van der Waals surface area contributed by atoms with Crippen LogP contribution < -0.4 is 18.9 Å². The van der Waals surface area contributed by atoms with Crippen LogP contribution >= 0.6 is 22.7 Å². The molecule has 0 unspecified atom stereocenters. The second-order valence-corrected chi connectivity index (χ2v) is 18.5. The van der Waals surface area contributed by atoms with Gasteiger partial charge in [0.1, 0.15) is 12.1 Å². The minimum Gasteiger partial charge on any atom is -0.870 e. The van der Waals surface area contributed by atoms with Crippen molar-refractivity contribution in [3.63, 3.8) is 0 Å². The number of aliphatic carboxylic acids is 1. The van der Waals surface area contributed by atoms with Crippen molar-refractivity contribution in [1.29, 1.82) is 0 Å². The second kappa shape index (κ2) is 26.3. The number of carbonyl (C=O) groups is 4. The Labute approximate surface area is 446 Å². The predicted octanol–water partition coefficient (Wildman–Crippen LogP) is 8.58. The standard InChI is InChI=1S/C30H25NO3S.C29H23NO3S.CH4.Li.2H2O/c1-34-30(33)26-19-24(28-25(17-18-35-28)21-11-5-2-6-12-21)20-31(26)29(32)27(22-13-7-3-8-14-22)23-15-9-4-10-16-23;31-28(26(21-12-6-2-7-13-21)22-14-8-3-9-15-22)30-19-23(18-25(30)29(32)33)27-24(16-17-34-27)20-10-4-1-5-11-20;;;;/h2-19,26-27H,20H2,1H3;1-18,25-26H,19H2,(H,32,33);1H4;;2*1H2/q;;;+1;;/p-1/t26-;25-;;;;/m00..../s1. The first-order chi connectivity index (χ1) is 33.8. The molecule has 8 aromatic rings. The maximum atomic E-state index is 14.1. The maximum absolute atomic E-state index is 14.1. The van der Waals surface area contributed by atoms with Crippen LogP contribution in [0.1, 0.15) is 51.3 Å². The van der Waals surface area contributed by atoms with Gasteiger partial charge in [0.25, 0.3) is 0 Å². The fourth-order valence-electron chi connectivity index (χ4n) is 9.15. The molecule has 0 radical (unpaired) electrons. The minimum atomic E-state index is -1.03. The van der Waals surface area contributed by atoms with Crippen molar-refractivity contribution in [2.75, 3.05) is 20.2 Å². The van der Waals surface area contributed by atoms with Crippen molar-refractivity contribution in [1.82, 2.24) is 9.80 Å². The predicted molar refractivity (Wildman–Crippen MR) is 288 cm³/mol. The molecule has 73 heavy (non-hydrogen) atoms. The maximum Gasteiger partial charge on any atom is 1.00 e. The number of carbonyl (C=O) groups excluding carboxylic acids is 3. The summed E-state index contributed by atoms with van der Waals surface area (Å²) < 4.78 is 5.11. The third kappa shape index (κ3) is 12.4. The average Bonchev–Trinajstić information content (AvgIpc) is 4.25. The molecule has 10 rings (SSSR count). The van der Waals surface area contributed by atoms with Gasteiger partial charge in [-0.15, -0.1) is 22.7 Å². The van der Waals surface area contributed by atoms with Crippen LogP contribution in [0.15, 0.2) is 217 Å². The number of methoxy groups -OCH3 is 1. The third-order valence-corrected chi connectivity index (χ3v) is 14.4. The molecule has 366 valence electrons. The van der Waals surface area contributed by atoms with Crippen LogP contribution in [0, 0.1) is 0 Å². The van der Waals surface area contributed by atoms with Crippen molar-refractivity contribution in [2.45, 2.75) is 31.3 Å². The topological polar surface area (TPSA) is 166 Å². The fraction of sp³-hybridized carbons (Fsp3) is 0.133.